The zero-order valence-electron chi connectivity index (χ0n) is 15.1. The molecule has 132 valence electrons. The van der Waals surface area contributed by atoms with Crippen molar-refractivity contribution >= 4 is 5.91 Å². The number of benzene rings is 2. The highest BCUT2D eigenvalue weighted by atomic mass is 16.5. The number of methoxy groups -OCH3 is 2. The van der Waals surface area contributed by atoms with Gasteiger partial charge in [0.1, 0.15) is 0 Å². The first-order valence-corrected chi connectivity index (χ1v) is 8.37. The maximum absolute atomic E-state index is 11.3. The molecule has 0 saturated heterocycles. The summed E-state index contributed by atoms with van der Waals surface area (Å²) in [4.78, 5) is 11.3. The smallest absolute Gasteiger partial charge is 0.243 e. The standard InChI is InChI=1S/C21H25NO3/c1-5-16-8-7-15(11-12-22-21(23)6-2)13-18(16)17-9-10-19(24-3)20(14-17)25-4/h6-10,13-14H,2,5,11-12H2,1,3-4H3,(H,22,23). The number of nitrogens with one attached hydrogen (secondary N) is 1. The fraction of sp³-hybridized carbons (Fsp3) is 0.286. The van der Waals surface area contributed by atoms with E-state index in [1.54, 1.807) is 14.2 Å². The summed E-state index contributed by atoms with van der Waals surface area (Å²) in [5.74, 6) is 1.28. The highest BCUT2D eigenvalue weighted by molar-refractivity contribution is 5.86. The Morgan fingerprint density at radius 1 is 1.12 bits per heavy atom. The summed E-state index contributed by atoms with van der Waals surface area (Å²) in [5, 5.41) is 2.81. The molecule has 25 heavy (non-hydrogen) atoms. The summed E-state index contributed by atoms with van der Waals surface area (Å²) in [6.07, 6.45) is 3.00. The Labute approximate surface area is 149 Å². The number of hydrogen-bond donors (Lipinski definition) is 1. The van der Waals surface area contributed by atoms with Gasteiger partial charge in [0.2, 0.25) is 5.91 Å². The fourth-order valence-electron chi connectivity index (χ4n) is 2.76. The number of aryl methyl sites for hydroxylation is 1. The minimum Gasteiger partial charge on any atom is -0.493 e. The second-order valence-corrected chi connectivity index (χ2v) is 5.66. The van der Waals surface area contributed by atoms with Gasteiger partial charge in [0.05, 0.1) is 14.2 Å². The van der Waals surface area contributed by atoms with Gasteiger partial charge in [0.15, 0.2) is 11.5 Å². The van der Waals surface area contributed by atoms with E-state index < -0.39 is 0 Å². The van der Waals surface area contributed by atoms with Crippen molar-refractivity contribution in [2.45, 2.75) is 19.8 Å². The molecule has 0 unspecified atom stereocenters. The molecule has 0 aliphatic heterocycles. The Bertz CT molecular complexity index is 753. The minimum atomic E-state index is -0.148. The highest BCUT2D eigenvalue weighted by Crippen LogP contribution is 2.34. The zero-order valence-corrected chi connectivity index (χ0v) is 15.1. The molecule has 0 aliphatic carbocycles. The summed E-state index contributed by atoms with van der Waals surface area (Å²) in [6.45, 7) is 6.19. The molecule has 1 amide bonds. The van der Waals surface area contributed by atoms with E-state index in [4.69, 9.17) is 9.47 Å². The summed E-state index contributed by atoms with van der Waals surface area (Å²) >= 11 is 0. The van der Waals surface area contributed by atoms with E-state index in [1.165, 1.54) is 22.8 Å². The van der Waals surface area contributed by atoms with Gasteiger partial charge in [-0.05, 0) is 53.3 Å². The highest BCUT2D eigenvalue weighted by Gasteiger charge is 2.10. The van der Waals surface area contributed by atoms with Crippen LogP contribution in [0.15, 0.2) is 49.1 Å². The van der Waals surface area contributed by atoms with Crippen LogP contribution in [0.3, 0.4) is 0 Å². The van der Waals surface area contributed by atoms with Gasteiger partial charge in [-0.3, -0.25) is 4.79 Å². The van der Waals surface area contributed by atoms with Gasteiger partial charge >= 0.3 is 0 Å². The maximum atomic E-state index is 11.3. The molecular weight excluding hydrogens is 314 g/mol. The summed E-state index contributed by atoms with van der Waals surface area (Å²) in [6, 6.07) is 12.4. The van der Waals surface area contributed by atoms with Crippen LogP contribution in [0.5, 0.6) is 11.5 Å². The van der Waals surface area contributed by atoms with Crippen LogP contribution in [-0.4, -0.2) is 26.7 Å². The molecule has 0 fully saturated rings. The van der Waals surface area contributed by atoms with Gasteiger partial charge in [-0.1, -0.05) is 37.8 Å². The van der Waals surface area contributed by atoms with E-state index >= 15 is 0 Å². The van der Waals surface area contributed by atoms with Gasteiger partial charge in [0, 0.05) is 6.54 Å². The van der Waals surface area contributed by atoms with Crippen LogP contribution < -0.4 is 14.8 Å². The monoisotopic (exact) mass is 339 g/mol. The van der Waals surface area contributed by atoms with Crippen molar-refractivity contribution in [2.24, 2.45) is 0 Å². The van der Waals surface area contributed by atoms with Crippen molar-refractivity contribution in [1.29, 1.82) is 0 Å². The van der Waals surface area contributed by atoms with Gasteiger partial charge < -0.3 is 14.8 Å². The average molecular weight is 339 g/mol. The Kier molecular flexibility index (Phi) is 6.63. The van der Waals surface area contributed by atoms with Crippen molar-refractivity contribution < 1.29 is 14.3 Å². The lowest BCUT2D eigenvalue weighted by molar-refractivity contribution is -0.116. The average Bonchev–Trinajstić information content (AvgIpc) is 2.67. The molecule has 0 bridgehead atoms. The third-order valence-corrected chi connectivity index (χ3v) is 4.15. The fourth-order valence-corrected chi connectivity index (χ4v) is 2.76. The second-order valence-electron chi connectivity index (χ2n) is 5.66. The van der Waals surface area contributed by atoms with Crippen LogP contribution >= 0.6 is 0 Å². The number of ether oxygens (including phenoxy) is 2. The molecule has 0 aliphatic rings. The Morgan fingerprint density at radius 3 is 2.52 bits per heavy atom. The number of amides is 1. The molecular formula is C21H25NO3. The van der Waals surface area contributed by atoms with Gasteiger partial charge in [-0.25, -0.2) is 0 Å². The number of carbonyl (C=O) groups excluding carboxylic acids is 1. The topological polar surface area (TPSA) is 47.6 Å². The van der Waals surface area contributed by atoms with Crippen LogP contribution in [-0.2, 0) is 17.6 Å². The van der Waals surface area contributed by atoms with Crippen LogP contribution in [0.1, 0.15) is 18.1 Å². The summed E-state index contributed by atoms with van der Waals surface area (Å²) in [5.41, 5.74) is 4.71. The largest absolute Gasteiger partial charge is 0.493 e. The number of rotatable bonds is 8. The zero-order chi connectivity index (χ0) is 18.2. The van der Waals surface area contributed by atoms with Gasteiger partial charge in [0.25, 0.3) is 0 Å². The van der Waals surface area contributed by atoms with Crippen molar-refractivity contribution in [3.63, 3.8) is 0 Å². The lowest BCUT2D eigenvalue weighted by Crippen LogP contribution is -2.23. The quantitative estimate of drug-likeness (QED) is 0.745. The third kappa shape index (κ3) is 4.63. The first-order valence-electron chi connectivity index (χ1n) is 8.37. The van der Waals surface area contributed by atoms with Crippen molar-refractivity contribution in [1.82, 2.24) is 5.32 Å². The Balaban J connectivity index is 2.30. The molecule has 0 atom stereocenters. The SMILES string of the molecule is C=CC(=O)NCCc1ccc(CC)c(-c2ccc(OC)c(OC)c2)c1. The molecule has 0 spiro atoms. The second kappa shape index (κ2) is 8.92. The first-order chi connectivity index (χ1) is 12.1. The van der Waals surface area contributed by atoms with Gasteiger partial charge in [-0.2, -0.15) is 0 Å². The van der Waals surface area contributed by atoms with Crippen molar-refractivity contribution in [3.8, 4) is 22.6 Å². The van der Waals surface area contributed by atoms with Crippen LogP contribution in [0.2, 0.25) is 0 Å². The number of carbonyl (C=O) groups is 1. The predicted molar refractivity (Wildman–Crippen MR) is 101 cm³/mol. The lowest BCUT2D eigenvalue weighted by atomic mass is 9.94. The Hall–Kier alpha value is -2.75. The molecule has 0 heterocycles. The van der Waals surface area contributed by atoms with Crippen LogP contribution in [0.25, 0.3) is 11.1 Å². The molecule has 0 saturated carbocycles. The maximum Gasteiger partial charge on any atom is 0.243 e. The van der Waals surface area contributed by atoms with Crippen molar-refractivity contribution in [3.05, 3.63) is 60.2 Å². The molecule has 0 radical (unpaired) electrons. The normalized spacial score (nSPS) is 10.2. The Morgan fingerprint density at radius 2 is 1.88 bits per heavy atom. The molecule has 4 nitrogen and oxygen atoms in total. The van der Waals surface area contributed by atoms with E-state index in [9.17, 15) is 4.79 Å². The van der Waals surface area contributed by atoms with Crippen LogP contribution in [0, 0.1) is 0 Å². The summed E-state index contributed by atoms with van der Waals surface area (Å²) < 4.78 is 10.7. The minimum absolute atomic E-state index is 0.148. The molecule has 1 N–H and O–H groups in total. The van der Waals surface area contributed by atoms with E-state index in [-0.39, 0.29) is 5.91 Å². The van der Waals surface area contributed by atoms with Crippen molar-refractivity contribution in [2.75, 3.05) is 20.8 Å². The van der Waals surface area contributed by atoms with E-state index in [0.717, 1.165) is 18.4 Å². The molecule has 4 heteroatoms. The third-order valence-electron chi connectivity index (χ3n) is 4.15. The molecule has 2 aromatic rings. The lowest BCUT2D eigenvalue weighted by Gasteiger charge is -2.14. The van der Waals surface area contributed by atoms with E-state index in [1.807, 2.05) is 18.2 Å². The van der Waals surface area contributed by atoms with E-state index in [2.05, 4.69) is 37.0 Å². The van der Waals surface area contributed by atoms with Gasteiger partial charge in [-0.15, -0.1) is 0 Å². The molecule has 0 aromatic heterocycles. The van der Waals surface area contributed by atoms with Crippen LogP contribution in [0.4, 0.5) is 0 Å². The number of hydrogen-bond acceptors (Lipinski definition) is 3. The van der Waals surface area contributed by atoms with E-state index in [0.29, 0.717) is 18.0 Å². The predicted octanol–water partition coefficient (Wildman–Crippen LogP) is 3.78. The summed E-state index contributed by atoms with van der Waals surface area (Å²) in [7, 11) is 3.27. The first kappa shape index (κ1) is 18.6. The molecule has 2 rings (SSSR count). The molecule has 2 aromatic carbocycles.